The van der Waals surface area contributed by atoms with Gasteiger partial charge in [-0.25, -0.2) is 0 Å². The SMILES string of the molecule is CCCCOc1ccc(C=NNC(=S)NC)cc1OC. The molecule has 0 saturated heterocycles. The maximum atomic E-state index is 5.67. The second-order valence-corrected chi connectivity index (χ2v) is 4.47. The summed E-state index contributed by atoms with van der Waals surface area (Å²) in [4.78, 5) is 0. The molecular weight excluding hydrogens is 274 g/mol. The van der Waals surface area contributed by atoms with E-state index in [0.717, 1.165) is 24.2 Å². The van der Waals surface area contributed by atoms with Crippen molar-refractivity contribution in [3.8, 4) is 11.5 Å². The van der Waals surface area contributed by atoms with Gasteiger partial charge >= 0.3 is 0 Å². The number of unbranched alkanes of at least 4 members (excludes halogenated alkanes) is 1. The van der Waals surface area contributed by atoms with E-state index in [-0.39, 0.29) is 0 Å². The van der Waals surface area contributed by atoms with Crippen molar-refractivity contribution < 1.29 is 9.47 Å². The Balaban J connectivity index is 2.68. The molecule has 20 heavy (non-hydrogen) atoms. The Morgan fingerprint density at radius 1 is 1.40 bits per heavy atom. The Morgan fingerprint density at radius 2 is 2.20 bits per heavy atom. The van der Waals surface area contributed by atoms with Crippen LogP contribution in [0.2, 0.25) is 0 Å². The molecule has 0 amide bonds. The first-order valence-electron chi connectivity index (χ1n) is 6.52. The van der Waals surface area contributed by atoms with Gasteiger partial charge in [-0.2, -0.15) is 5.10 Å². The summed E-state index contributed by atoms with van der Waals surface area (Å²) < 4.78 is 11.0. The molecule has 0 saturated carbocycles. The molecule has 0 unspecified atom stereocenters. The van der Waals surface area contributed by atoms with Crippen LogP contribution in [0, 0.1) is 0 Å². The van der Waals surface area contributed by atoms with Gasteiger partial charge < -0.3 is 14.8 Å². The van der Waals surface area contributed by atoms with Crippen LogP contribution >= 0.6 is 12.2 Å². The maximum absolute atomic E-state index is 5.67. The van der Waals surface area contributed by atoms with Gasteiger partial charge in [-0.1, -0.05) is 13.3 Å². The van der Waals surface area contributed by atoms with Gasteiger partial charge in [0.2, 0.25) is 0 Å². The highest BCUT2D eigenvalue weighted by molar-refractivity contribution is 7.80. The summed E-state index contributed by atoms with van der Waals surface area (Å²) in [5.74, 6) is 1.44. The lowest BCUT2D eigenvalue weighted by atomic mass is 10.2. The van der Waals surface area contributed by atoms with Crippen LogP contribution in [0.1, 0.15) is 25.3 Å². The molecule has 0 atom stereocenters. The predicted molar refractivity (Wildman–Crippen MR) is 85.8 cm³/mol. The van der Waals surface area contributed by atoms with Gasteiger partial charge in [0.25, 0.3) is 0 Å². The summed E-state index contributed by atoms with van der Waals surface area (Å²) in [7, 11) is 3.35. The molecule has 1 rings (SSSR count). The number of methoxy groups -OCH3 is 1. The van der Waals surface area contributed by atoms with Crippen LogP contribution in [0.25, 0.3) is 0 Å². The topological polar surface area (TPSA) is 54.9 Å². The zero-order chi connectivity index (χ0) is 14.8. The van der Waals surface area contributed by atoms with Gasteiger partial charge in [0.1, 0.15) is 0 Å². The number of nitrogens with one attached hydrogen (secondary N) is 2. The van der Waals surface area contributed by atoms with E-state index in [2.05, 4.69) is 22.8 Å². The molecule has 0 spiro atoms. The van der Waals surface area contributed by atoms with Crippen LogP contribution in [0.15, 0.2) is 23.3 Å². The molecule has 1 aromatic carbocycles. The van der Waals surface area contributed by atoms with Gasteiger partial charge in [-0.3, -0.25) is 5.43 Å². The summed E-state index contributed by atoms with van der Waals surface area (Å²) in [5.41, 5.74) is 3.59. The first-order valence-corrected chi connectivity index (χ1v) is 6.93. The molecule has 1 aromatic rings. The normalized spacial score (nSPS) is 10.3. The number of hydrogen-bond donors (Lipinski definition) is 2. The third-order valence-corrected chi connectivity index (χ3v) is 2.85. The third kappa shape index (κ3) is 5.44. The monoisotopic (exact) mass is 295 g/mol. The standard InChI is InChI=1S/C14H21N3O2S/c1-4-5-8-19-12-7-6-11(9-13(12)18-3)10-16-17-14(20)15-2/h6-7,9-10H,4-5,8H2,1-3H3,(H2,15,17,20). The lowest BCUT2D eigenvalue weighted by Gasteiger charge is -2.10. The quantitative estimate of drug-likeness (QED) is 0.350. The first kappa shape index (κ1) is 16.2. The zero-order valence-corrected chi connectivity index (χ0v) is 12.9. The lowest BCUT2D eigenvalue weighted by molar-refractivity contribution is 0.288. The third-order valence-electron chi connectivity index (χ3n) is 2.55. The fourth-order valence-corrected chi connectivity index (χ4v) is 1.48. The van der Waals surface area contributed by atoms with Crippen molar-refractivity contribution in [1.82, 2.24) is 10.7 Å². The largest absolute Gasteiger partial charge is 0.493 e. The fraction of sp³-hybridized carbons (Fsp3) is 0.429. The molecule has 0 bridgehead atoms. The Labute approximate surface area is 125 Å². The van der Waals surface area contributed by atoms with Crippen LogP contribution in [-0.4, -0.2) is 32.1 Å². The predicted octanol–water partition coefficient (Wildman–Crippen LogP) is 2.30. The summed E-state index contributed by atoms with van der Waals surface area (Å²) in [5, 5.41) is 7.26. The molecule has 0 aliphatic rings. The van der Waals surface area contributed by atoms with E-state index in [1.54, 1.807) is 20.4 Å². The van der Waals surface area contributed by atoms with Crippen LogP contribution in [0.4, 0.5) is 0 Å². The summed E-state index contributed by atoms with van der Waals surface area (Å²) >= 11 is 4.92. The average molecular weight is 295 g/mol. The second-order valence-electron chi connectivity index (χ2n) is 4.06. The van der Waals surface area contributed by atoms with Crippen molar-refractivity contribution in [1.29, 1.82) is 0 Å². The number of ether oxygens (including phenoxy) is 2. The number of thiocarbonyl (C=S) groups is 1. The van der Waals surface area contributed by atoms with Crippen LogP contribution < -0.4 is 20.2 Å². The molecule has 0 aromatic heterocycles. The molecule has 0 fully saturated rings. The Bertz CT molecular complexity index is 464. The van der Waals surface area contributed by atoms with E-state index >= 15 is 0 Å². The van der Waals surface area contributed by atoms with Crippen molar-refractivity contribution in [3.63, 3.8) is 0 Å². The highest BCUT2D eigenvalue weighted by Crippen LogP contribution is 2.27. The number of benzene rings is 1. The van der Waals surface area contributed by atoms with Crippen molar-refractivity contribution >= 4 is 23.5 Å². The Morgan fingerprint density at radius 3 is 2.85 bits per heavy atom. The first-order chi connectivity index (χ1) is 9.71. The Kier molecular flexibility index (Phi) is 7.42. The Hall–Kier alpha value is -1.82. The fourth-order valence-electron chi connectivity index (χ4n) is 1.43. The molecule has 6 heteroatoms. The molecule has 0 heterocycles. The number of hydrazone groups is 1. The van der Waals surface area contributed by atoms with Gasteiger partial charge in [-0.05, 0) is 42.4 Å². The second kappa shape index (κ2) is 9.14. The van der Waals surface area contributed by atoms with Crippen LogP contribution in [0.3, 0.4) is 0 Å². The van der Waals surface area contributed by atoms with Crippen LogP contribution in [-0.2, 0) is 0 Å². The molecule has 0 aliphatic carbocycles. The molecular formula is C14H21N3O2S. The van der Waals surface area contributed by atoms with Crippen molar-refractivity contribution in [3.05, 3.63) is 23.8 Å². The average Bonchev–Trinajstić information content (AvgIpc) is 2.48. The number of hydrogen-bond acceptors (Lipinski definition) is 4. The van der Waals surface area contributed by atoms with Gasteiger partial charge in [0, 0.05) is 7.05 Å². The number of rotatable bonds is 7. The van der Waals surface area contributed by atoms with E-state index in [4.69, 9.17) is 21.7 Å². The van der Waals surface area contributed by atoms with Crippen LogP contribution in [0.5, 0.6) is 11.5 Å². The minimum Gasteiger partial charge on any atom is -0.493 e. The maximum Gasteiger partial charge on any atom is 0.186 e. The molecule has 2 N–H and O–H groups in total. The summed E-state index contributed by atoms with van der Waals surface area (Å²) in [6.45, 7) is 2.82. The van der Waals surface area contributed by atoms with E-state index in [9.17, 15) is 0 Å². The molecule has 5 nitrogen and oxygen atoms in total. The number of nitrogens with zero attached hydrogens (tertiary/aromatic N) is 1. The smallest absolute Gasteiger partial charge is 0.186 e. The van der Waals surface area contributed by atoms with E-state index in [1.807, 2.05) is 18.2 Å². The van der Waals surface area contributed by atoms with Crippen molar-refractivity contribution in [2.75, 3.05) is 20.8 Å². The summed E-state index contributed by atoms with van der Waals surface area (Å²) in [6.07, 6.45) is 3.80. The van der Waals surface area contributed by atoms with Crippen molar-refractivity contribution in [2.24, 2.45) is 5.10 Å². The van der Waals surface area contributed by atoms with E-state index in [0.29, 0.717) is 17.5 Å². The molecule has 0 radical (unpaired) electrons. The summed E-state index contributed by atoms with van der Waals surface area (Å²) in [6, 6.07) is 5.67. The van der Waals surface area contributed by atoms with E-state index < -0.39 is 0 Å². The molecule has 0 aliphatic heterocycles. The highest BCUT2D eigenvalue weighted by Gasteiger charge is 2.04. The van der Waals surface area contributed by atoms with Gasteiger partial charge in [0.05, 0.1) is 19.9 Å². The minimum absolute atomic E-state index is 0.465. The molecule has 110 valence electrons. The lowest BCUT2D eigenvalue weighted by Crippen LogP contribution is -2.28. The van der Waals surface area contributed by atoms with Gasteiger partial charge in [-0.15, -0.1) is 0 Å². The van der Waals surface area contributed by atoms with Gasteiger partial charge in [0.15, 0.2) is 16.6 Å². The van der Waals surface area contributed by atoms with Crippen molar-refractivity contribution in [2.45, 2.75) is 19.8 Å². The van der Waals surface area contributed by atoms with E-state index in [1.165, 1.54) is 0 Å². The highest BCUT2D eigenvalue weighted by atomic mass is 32.1. The zero-order valence-electron chi connectivity index (χ0n) is 12.1. The minimum atomic E-state index is 0.465.